The summed E-state index contributed by atoms with van der Waals surface area (Å²) < 4.78 is 0. The highest BCUT2D eigenvalue weighted by molar-refractivity contribution is 8.00. The second kappa shape index (κ2) is 7.06. The highest BCUT2D eigenvalue weighted by Crippen LogP contribution is 2.40. The van der Waals surface area contributed by atoms with Crippen molar-refractivity contribution in [2.24, 2.45) is 5.92 Å². The molecule has 0 fully saturated rings. The Morgan fingerprint density at radius 3 is 2.92 bits per heavy atom. The van der Waals surface area contributed by atoms with Gasteiger partial charge in [-0.2, -0.15) is 0 Å². The SMILES string of the molecule is C[C@@H]1CCc2c(sc3ncnc(SCC(=O)c4ccc(Cl)cc4)c23)C1. The van der Waals surface area contributed by atoms with Crippen molar-refractivity contribution in [2.45, 2.75) is 31.2 Å². The smallest absolute Gasteiger partial charge is 0.173 e. The Labute approximate surface area is 159 Å². The molecule has 2 heterocycles. The Kier molecular flexibility index (Phi) is 4.80. The number of fused-ring (bicyclic) bond motifs is 3. The van der Waals surface area contributed by atoms with Gasteiger partial charge in [-0.25, -0.2) is 9.97 Å². The Bertz CT molecular complexity index is 936. The monoisotopic (exact) mass is 388 g/mol. The summed E-state index contributed by atoms with van der Waals surface area (Å²) in [4.78, 5) is 23.9. The van der Waals surface area contributed by atoms with Crippen molar-refractivity contribution in [3.63, 3.8) is 0 Å². The fourth-order valence-electron chi connectivity index (χ4n) is 3.21. The van der Waals surface area contributed by atoms with Gasteiger partial charge in [0.05, 0.1) is 5.75 Å². The van der Waals surface area contributed by atoms with Gasteiger partial charge >= 0.3 is 0 Å². The van der Waals surface area contributed by atoms with Crippen LogP contribution < -0.4 is 0 Å². The summed E-state index contributed by atoms with van der Waals surface area (Å²) in [5.41, 5.74) is 2.09. The van der Waals surface area contributed by atoms with E-state index in [2.05, 4.69) is 16.9 Å². The summed E-state index contributed by atoms with van der Waals surface area (Å²) in [6.45, 7) is 2.31. The molecule has 4 rings (SSSR count). The summed E-state index contributed by atoms with van der Waals surface area (Å²) in [5.74, 6) is 1.19. The van der Waals surface area contributed by atoms with E-state index in [0.29, 0.717) is 16.3 Å². The maximum absolute atomic E-state index is 12.4. The molecule has 0 saturated carbocycles. The van der Waals surface area contributed by atoms with Gasteiger partial charge in [-0.3, -0.25) is 4.79 Å². The number of aromatic nitrogens is 2. The first-order valence-corrected chi connectivity index (χ1v) is 10.5. The summed E-state index contributed by atoms with van der Waals surface area (Å²) >= 11 is 9.18. The minimum absolute atomic E-state index is 0.0890. The van der Waals surface area contributed by atoms with Crippen LogP contribution in [0.3, 0.4) is 0 Å². The van der Waals surface area contributed by atoms with Crippen LogP contribution in [0.15, 0.2) is 35.6 Å². The zero-order valence-electron chi connectivity index (χ0n) is 13.8. The molecule has 25 heavy (non-hydrogen) atoms. The van der Waals surface area contributed by atoms with Crippen molar-refractivity contribution in [1.29, 1.82) is 0 Å². The average molecular weight is 389 g/mol. The third-order valence-corrected chi connectivity index (χ3v) is 6.97. The van der Waals surface area contributed by atoms with Crippen molar-refractivity contribution in [3.8, 4) is 0 Å². The summed E-state index contributed by atoms with van der Waals surface area (Å²) in [5, 5.41) is 2.74. The van der Waals surface area contributed by atoms with E-state index in [-0.39, 0.29) is 5.78 Å². The van der Waals surface area contributed by atoms with Crippen molar-refractivity contribution in [1.82, 2.24) is 9.97 Å². The summed E-state index contributed by atoms with van der Waals surface area (Å²) in [7, 11) is 0. The number of thiophene rings is 1. The molecule has 1 aliphatic carbocycles. The van der Waals surface area contributed by atoms with Gasteiger partial charge in [0, 0.05) is 20.8 Å². The van der Waals surface area contributed by atoms with E-state index < -0.39 is 0 Å². The van der Waals surface area contributed by atoms with E-state index in [1.807, 2.05) is 0 Å². The van der Waals surface area contributed by atoms with E-state index in [1.165, 1.54) is 34.0 Å². The molecule has 1 aromatic carbocycles. The topological polar surface area (TPSA) is 42.9 Å². The molecule has 1 aliphatic rings. The molecular formula is C19H17ClN2OS2. The fraction of sp³-hybridized carbons (Fsp3) is 0.316. The normalized spacial score (nSPS) is 16.8. The third-order valence-electron chi connectivity index (χ3n) is 4.56. The largest absolute Gasteiger partial charge is 0.293 e. The van der Waals surface area contributed by atoms with Gasteiger partial charge in [0.2, 0.25) is 0 Å². The number of carbonyl (C=O) groups excluding carboxylic acids is 1. The Morgan fingerprint density at radius 1 is 1.32 bits per heavy atom. The highest BCUT2D eigenvalue weighted by atomic mass is 35.5. The number of Topliss-reactive ketones (excluding diaryl/α,β-unsaturated/α-hetero) is 1. The van der Waals surface area contributed by atoms with E-state index >= 15 is 0 Å². The third kappa shape index (κ3) is 3.46. The Hall–Kier alpha value is -1.43. The maximum Gasteiger partial charge on any atom is 0.173 e. The maximum atomic E-state index is 12.4. The number of ketones is 1. The van der Waals surface area contributed by atoms with Crippen LogP contribution >= 0.6 is 34.7 Å². The molecule has 0 unspecified atom stereocenters. The second-order valence-electron chi connectivity index (χ2n) is 6.43. The molecule has 0 aliphatic heterocycles. The molecule has 6 heteroatoms. The lowest BCUT2D eigenvalue weighted by atomic mass is 9.89. The van der Waals surface area contributed by atoms with E-state index in [1.54, 1.807) is 41.9 Å². The van der Waals surface area contributed by atoms with Gasteiger partial charge < -0.3 is 0 Å². The minimum Gasteiger partial charge on any atom is -0.293 e. The van der Waals surface area contributed by atoms with Crippen LogP contribution in [-0.4, -0.2) is 21.5 Å². The Balaban J connectivity index is 1.59. The first-order chi connectivity index (χ1) is 12.1. The number of carbonyl (C=O) groups is 1. The lowest BCUT2D eigenvalue weighted by molar-refractivity contribution is 0.102. The van der Waals surface area contributed by atoms with Gasteiger partial charge in [-0.05, 0) is 55.0 Å². The van der Waals surface area contributed by atoms with Crippen LogP contribution in [0.5, 0.6) is 0 Å². The molecule has 3 nitrogen and oxygen atoms in total. The lowest BCUT2D eigenvalue weighted by Gasteiger charge is -2.18. The van der Waals surface area contributed by atoms with Gasteiger partial charge in [-0.1, -0.05) is 30.3 Å². The van der Waals surface area contributed by atoms with Crippen LogP contribution in [0.2, 0.25) is 5.02 Å². The molecular weight excluding hydrogens is 372 g/mol. The van der Waals surface area contributed by atoms with Crippen LogP contribution in [0, 0.1) is 5.92 Å². The molecule has 128 valence electrons. The number of benzene rings is 1. The quantitative estimate of drug-likeness (QED) is 0.339. The number of nitrogens with zero attached hydrogens (tertiary/aromatic N) is 2. The molecule has 3 aromatic rings. The minimum atomic E-state index is 0.0890. The molecule has 2 aromatic heterocycles. The highest BCUT2D eigenvalue weighted by Gasteiger charge is 2.23. The van der Waals surface area contributed by atoms with Crippen LogP contribution in [-0.2, 0) is 12.8 Å². The molecule has 0 N–H and O–H groups in total. The summed E-state index contributed by atoms with van der Waals surface area (Å²) in [6, 6.07) is 7.04. The van der Waals surface area contributed by atoms with Gasteiger partial charge in [-0.15, -0.1) is 11.3 Å². The number of rotatable bonds is 4. The zero-order valence-corrected chi connectivity index (χ0v) is 16.2. The van der Waals surface area contributed by atoms with Crippen molar-refractivity contribution >= 4 is 50.7 Å². The van der Waals surface area contributed by atoms with Gasteiger partial charge in [0.15, 0.2) is 5.78 Å². The van der Waals surface area contributed by atoms with Gasteiger partial charge in [0.1, 0.15) is 16.2 Å². The molecule has 0 saturated heterocycles. The molecule has 0 amide bonds. The first-order valence-electron chi connectivity index (χ1n) is 8.28. The number of hydrogen-bond acceptors (Lipinski definition) is 5. The number of thioether (sulfide) groups is 1. The second-order valence-corrected chi connectivity index (χ2v) is 8.91. The molecule has 0 bridgehead atoms. The molecule has 0 spiro atoms. The van der Waals surface area contributed by atoms with Crippen molar-refractivity contribution in [2.75, 3.05) is 5.75 Å². The van der Waals surface area contributed by atoms with Crippen LogP contribution in [0.25, 0.3) is 10.2 Å². The first kappa shape index (κ1) is 17.0. The number of halogens is 1. The van der Waals surface area contributed by atoms with Crippen LogP contribution in [0.1, 0.15) is 34.1 Å². The molecule has 0 radical (unpaired) electrons. The van der Waals surface area contributed by atoms with Gasteiger partial charge in [0.25, 0.3) is 0 Å². The van der Waals surface area contributed by atoms with E-state index in [9.17, 15) is 4.79 Å². The lowest BCUT2D eigenvalue weighted by Crippen LogP contribution is -2.09. The van der Waals surface area contributed by atoms with Crippen molar-refractivity contribution in [3.05, 3.63) is 51.6 Å². The standard InChI is InChI=1S/C19H17ClN2OS2/c1-11-2-7-14-16(8-11)25-19-17(14)18(21-10-22-19)24-9-15(23)12-3-5-13(20)6-4-12/h3-6,10-11H,2,7-9H2,1H3/t11-/m1/s1. The Morgan fingerprint density at radius 2 is 2.12 bits per heavy atom. The van der Waals surface area contributed by atoms with Crippen molar-refractivity contribution < 1.29 is 4.79 Å². The predicted molar refractivity (Wildman–Crippen MR) is 105 cm³/mol. The number of aryl methyl sites for hydroxylation is 1. The summed E-state index contributed by atoms with van der Waals surface area (Å²) in [6.07, 6.45) is 5.04. The van der Waals surface area contributed by atoms with E-state index in [4.69, 9.17) is 11.6 Å². The fourth-order valence-corrected chi connectivity index (χ4v) is 5.67. The van der Waals surface area contributed by atoms with E-state index in [0.717, 1.165) is 28.6 Å². The van der Waals surface area contributed by atoms with Crippen LogP contribution in [0.4, 0.5) is 0 Å². The zero-order chi connectivity index (χ0) is 17.4. The molecule has 1 atom stereocenters. The predicted octanol–water partition coefficient (Wildman–Crippen LogP) is 5.44. The number of hydrogen-bond donors (Lipinski definition) is 0. The average Bonchev–Trinajstić information content (AvgIpc) is 2.98.